The van der Waals surface area contributed by atoms with Crippen LogP contribution in [0.25, 0.3) is 0 Å². The third-order valence-electron chi connectivity index (χ3n) is 4.13. The predicted molar refractivity (Wildman–Crippen MR) is 81.4 cm³/mol. The minimum atomic E-state index is 0.403. The predicted octanol–water partition coefficient (Wildman–Crippen LogP) is 3.06. The van der Waals surface area contributed by atoms with E-state index < -0.39 is 0 Å². The van der Waals surface area contributed by atoms with Gasteiger partial charge in [-0.25, -0.2) is 4.98 Å². The number of hydrogen-bond acceptors (Lipinski definition) is 3. The van der Waals surface area contributed by atoms with Crippen LogP contribution in [-0.4, -0.2) is 24.6 Å². The highest BCUT2D eigenvalue weighted by molar-refractivity contribution is 5.40. The Kier molecular flexibility index (Phi) is 4.46. The molecule has 2 rings (SSSR count). The van der Waals surface area contributed by atoms with Crippen molar-refractivity contribution in [1.29, 1.82) is 0 Å². The van der Waals surface area contributed by atoms with Gasteiger partial charge in [-0.2, -0.15) is 0 Å². The molecule has 3 heteroatoms. The van der Waals surface area contributed by atoms with E-state index in [2.05, 4.69) is 55.0 Å². The second-order valence-electron chi connectivity index (χ2n) is 6.60. The van der Waals surface area contributed by atoms with E-state index >= 15 is 0 Å². The lowest BCUT2D eigenvalue weighted by atomic mass is 9.80. The van der Waals surface area contributed by atoms with Crippen LogP contribution in [0.3, 0.4) is 0 Å². The van der Waals surface area contributed by atoms with Gasteiger partial charge in [0.1, 0.15) is 5.82 Å². The molecule has 0 saturated carbocycles. The van der Waals surface area contributed by atoms with Crippen molar-refractivity contribution in [3.63, 3.8) is 0 Å². The fourth-order valence-electron chi connectivity index (χ4n) is 2.65. The summed E-state index contributed by atoms with van der Waals surface area (Å²) < 4.78 is 0. The third-order valence-corrected chi connectivity index (χ3v) is 4.13. The molecule has 1 aliphatic rings. The van der Waals surface area contributed by atoms with Crippen LogP contribution < -0.4 is 10.2 Å². The van der Waals surface area contributed by atoms with Gasteiger partial charge in [-0.15, -0.1) is 0 Å². The summed E-state index contributed by atoms with van der Waals surface area (Å²) in [7, 11) is 0. The average molecular weight is 261 g/mol. The van der Waals surface area contributed by atoms with Crippen LogP contribution in [0.2, 0.25) is 0 Å². The van der Waals surface area contributed by atoms with Crippen molar-refractivity contribution >= 4 is 5.82 Å². The average Bonchev–Trinajstić information content (AvgIpc) is 2.86. The van der Waals surface area contributed by atoms with Crippen LogP contribution in [0.4, 0.5) is 5.82 Å². The van der Waals surface area contributed by atoms with Gasteiger partial charge in [0, 0.05) is 25.8 Å². The Hall–Kier alpha value is -1.09. The molecule has 0 amide bonds. The Morgan fingerprint density at radius 2 is 2.16 bits per heavy atom. The van der Waals surface area contributed by atoms with Gasteiger partial charge in [-0.3, -0.25) is 0 Å². The van der Waals surface area contributed by atoms with Crippen LogP contribution in [0.5, 0.6) is 0 Å². The highest BCUT2D eigenvalue weighted by atomic mass is 15.2. The van der Waals surface area contributed by atoms with Gasteiger partial charge in [0.2, 0.25) is 0 Å². The van der Waals surface area contributed by atoms with Gasteiger partial charge in [0.25, 0.3) is 0 Å². The first kappa shape index (κ1) is 14.3. The van der Waals surface area contributed by atoms with Gasteiger partial charge in [0.05, 0.1) is 0 Å². The van der Waals surface area contributed by atoms with E-state index in [1.54, 1.807) is 0 Å². The lowest BCUT2D eigenvalue weighted by molar-refractivity contribution is 0.263. The Labute approximate surface area is 117 Å². The maximum atomic E-state index is 4.62. The number of nitrogens with one attached hydrogen (secondary N) is 1. The number of nitrogens with zero attached hydrogens (tertiary/aromatic N) is 2. The van der Waals surface area contributed by atoms with Crippen LogP contribution in [-0.2, 0) is 6.54 Å². The molecule has 1 aliphatic heterocycles. The number of rotatable bonds is 4. The second-order valence-corrected chi connectivity index (χ2v) is 6.60. The normalized spacial score (nSPS) is 20.0. The zero-order valence-corrected chi connectivity index (χ0v) is 12.7. The number of pyridine rings is 1. The van der Waals surface area contributed by atoms with Crippen LogP contribution in [0, 0.1) is 11.3 Å². The summed E-state index contributed by atoms with van der Waals surface area (Å²) in [5.41, 5.74) is 1.66. The summed E-state index contributed by atoms with van der Waals surface area (Å²) in [6.07, 6.45) is 3.28. The van der Waals surface area contributed by atoms with Crippen molar-refractivity contribution in [3.8, 4) is 0 Å². The molecule has 1 aromatic heterocycles. The molecule has 1 N–H and O–H groups in total. The van der Waals surface area contributed by atoms with Crippen LogP contribution in [0.1, 0.15) is 39.7 Å². The molecule has 19 heavy (non-hydrogen) atoms. The molecule has 0 spiro atoms. The van der Waals surface area contributed by atoms with Crippen molar-refractivity contribution in [2.45, 2.75) is 40.7 Å². The smallest absolute Gasteiger partial charge is 0.128 e. The van der Waals surface area contributed by atoms with Gasteiger partial charge in [-0.1, -0.05) is 33.8 Å². The first-order valence-electron chi connectivity index (χ1n) is 7.41. The van der Waals surface area contributed by atoms with E-state index in [0.29, 0.717) is 5.41 Å². The SMILES string of the molecule is CCNCc1ccc(N2CCC(C(C)(C)C)C2)nc1. The quantitative estimate of drug-likeness (QED) is 0.903. The van der Waals surface area contributed by atoms with E-state index in [4.69, 9.17) is 0 Å². The molecule has 1 unspecified atom stereocenters. The minimum Gasteiger partial charge on any atom is -0.356 e. The summed E-state index contributed by atoms with van der Waals surface area (Å²) in [5.74, 6) is 1.91. The standard InChI is InChI=1S/C16H27N3/c1-5-17-10-13-6-7-15(18-11-13)19-9-8-14(12-19)16(2,3)4/h6-7,11,14,17H,5,8-10,12H2,1-4H3. The maximum absolute atomic E-state index is 4.62. The molecular formula is C16H27N3. The molecular weight excluding hydrogens is 234 g/mol. The van der Waals surface area contributed by atoms with Crippen LogP contribution >= 0.6 is 0 Å². The number of anilines is 1. The van der Waals surface area contributed by atoms with Crippen molar-refractivity contribution in [3.05, 3.63) is 23.9 Å². The molecule has 3 nitrogen and oxygen atoms in total. The lowest BCUT2D eigenvalue weighted by Crippen LogP contribution is -2.26. The first-order valence-corrected chi connectivity index (χ1v) is 7.41. The molecule has 0 radical (unpaired) electrons. The third kappa shape index (κ3) is 3.69. The van der Waals surface area contributed by atoms with E-state index in [0.717, 1.165) is 37.9 Å². The molecule has 0 aliphatic carbocycles. The van der Waals surface area contributed by atoms with Crippen molar-refractivity contribution in [1.82, 2.24) is 10.3 Å². The first-order chi connectivity index (χ1) is 9.00. The van der Waals surface area contributed by atoms with E-state index in [9.17, 15) is 0 Å². The van der Waals surface area contributed by atoms with Crippen molar-refractivity contribution in [2.75, 3.05) is 24.5 Å². The van der Waals surface area contributed by atoms with Crippen molar-refractivity contribution in [2.24, 2.45) is 11.3 Å². The molecule has 2 heterocycles. The maximum Gasteiger partial charge on any atom is 0.128 e. The topological polar surface area (TPSA) is 28.2 Å². The van der Waals surface area contributed by atoms with Gasteiger partial charge < -0.3 is 10.2 Å². The number of aromatic nitrogens is 1. The highest BCUT2D eigenvalue weighted by Gasteiger charge is 2.32. The van der Waals surface area contributed by atoms with E-state index in [1.807, 2.05) is 6.20 Å². The highest BCUT2D eigenvalue weighted by Crippen LogP contribution is 2.34. The summed E-state index contributed by atoms with van der Waals surface area (Å²) in [5, 5.41) is 3.33. The van der Waals surface area contributed by atoms with Crippen LogP contribution in [0.15, 0.2) is 18.3 Å². The Morgan fingerprint density at radius 3 is 2.68 bits per heavy atom. The Morgan fingerprint density at radius 1 is 1.37 bits per heavy atom. The lowest BCUT2D eigenvalue weighted by Gasteiger charge is -2.27. The summed E-state index contributed by atoms with van der Waals surface area (Å²) >= 11 is 0. The molecule has 0 aromatic carbocycles. The van der Waals surface area contributed by atoms with Crippen molar-refractivity contribution < 1.29 is 0 Å². The molecule has 1 aromatic rings. The zero-order valence-electron chi connectivity index (χ0n) is 12.7. The fraction of sp³-hybridized carbons (Fsp3) is 0.688. The van der Waals surface area contributed by atoms with E-state index in [1.165, 1.54) is 12.0 Å². The summed E-state index contributed by atoms with van der Waals surface area (Å²) in [6.45, 7) is 13.3. The molecule has 0 bridgehead atoms. The molecule has 1 saturated heterocycles. The fourth-order valence-corrected chi connectivity index (χ4v) is 2.65. The minimum absolute atomic E-state index is 0.403. The largest absolute Gasteiger partial charge is 0.356 e. The van der Waals surface area contributed by atoms with Gasteiger partial charge >= 0.3 is 0 Å². The summed E-state index contributed by atoms with van der Waals surface area (Å²) in [4.78, 5) is 7.04. The zero-order chi connectivity index (χ0) is 13.9. The summed E-state index contributed by atoms with van der Waals surface area (Å²) in [6, 6.07) is 4.35. The monoisotopic (exact) mass is 261 g/mol. The molecule has 1 atom stereocenters. The Balaban J connectivity index is 1.96. The second kappa shape index (κ2) is 5.91. The van der Waals surface area contributed by atoms with E-state index in [-0.39, 0.29) is 0 Å². The Bertz CT molecular complexity index is 391. The van der Waals surface area contributed by atoms with Gasteiger partial charge in [-0.05, 0) is 35.9 Å². The van der Waals surface area contributed by atoms with Gasteiger partial charge in [0.15, 0.2) is 0 Å². The molecule has 106 valence electrons. The molecule has 1 fully saturated rings. The number of hydrogen-bond donors (Lipinski definition) is 1.